The van der Waals surface area contributed by atoms with Gasteiger partial charge >= 0.3 is 0 Å². The van der Waals surface area contributed by atoms with Crippen LogP contribution in [0.15, 0.2) is 29.3 Å². The van der Waals surface area contributed by atoms with Crippen molar-refractivity contribution in [3.63, 3.8) is 0 Å². The topological polar surface area (TPSA) is 99.2 Å². The minimum Gasteiger partial charge on any atom is -0.315 e. The molecule has 2 amide bonds. The van der Waals surface area contributed by atoms with Crippen molar-refractivity contribution >= 4 is 33.4 Å². The van der Waals surface area contributed by atoms with E-state index in [1.54, 1.807) is 4.90 Å². The SMILES string of the molecule is Cc1cc2cc(C)c1CCS(=O)(=O)N1CCC3(CC1)N=C(CCCC/C=C/CCCCC(=O)N2C)NC3=O. The van der Waals surface area contributed by atoms with E-state index in [0.29, 0.717) is 38.8 Å². The molecule has 0 radical (unpaired) electrons. The molecule has 6 rings (SSSR count). The van der Waals surface area contributed by atoms with Gasteiger partial charge < -0.3 is 10.2 Å². The lowest BCUT2D eigenvalue weighted by molar-refractivity contribution is -0.125. The van der Waals surface area contributed by atoms with Crippen LogP contribution in [0.3, 0.4) is 0 Å². The van der Waals surface area contributed by atoms with Gasteiger partial charge in [0.1, 0.15) is 11.4 Å². The molecule has 1 aromatic carbocycles. The fourth-order valence-electron chi connectivity index (χ4n) is 5.74. The predicted octanol–water partition coefficient (Wildman–Crippen LogP) is 4.19. The maximum Gasteiger partial charge on any atom is 0.253 e. The Morgan fingerprint density at radius 3 is 2.13 bits per heavy atom. The van der Waals surface area contributed by atoms with Gasteiger partial charge in [0.15, 0.2) is 0 Å². The summed E-state index contributed by atoms with van der Waals surface area (Å²) in [6.45, 7) is 4.57. The summed E-state index contributed by atoms with van der Waals surface area (Å²) in [4.78, 5) is 32.1. The van der Waals surface area contributed by atoms with Crippen LogP contribution in [0.1, 0.15) is 80.9 Å². The number of fused-ring (bicyclic) bond motifs is 2. The Hall–Kier alpha value is -2.52. The summed E-state index contributed by atoms with van der Waals surface area (Å²) in [6.07, 6.45) is 12.6. The van der Waals surface area contributed by atoms with Crippen LogP contribution < -0.4 is 10.2 Å². The zero-order valence-corrected chi connectivity index (χ0v) is 23.9. The first-order valence-electron chi connectivity index (χ1n) is 14.0. The van der Waals surface area contributed by atoms with E-state index >= 15 is 0 Å². The molecule has 1 spiro atoms. The molecular formula is C29H42N4O4S. The molecule has 8 nitrogen and oxygen atoms in total. The standard InChI is InChI=1S/C29H42N4O4S/c1-22-20-24-21-23(2)25(22)14-19-38(36,37)33-17-15-29(16-18-33)28(35)30-26(31-29)12-10-8-6-4-5-7-9-11-13-27(34)32(24)3/h4-5,20-21H,6-19H2,1-3H3,(H,30,31,35)/b5-4+. The molecule has 38 heavy (non-hydrogen) atoms. The molecule has 208 valence electrons. The fraction of sp³-hybridized carbons (Fsp3) is 0.621. The van der Waals surface area contributed by atoms with Crippen LogP contribution in [0, 0.1) is 13.8 Å². The summed E-state index contributed by atoms with van der Waals surface area (Å²) >= 11 is 0. The number of nitrogens with one attached hydrogen (secondary N) is 1. The lowest BCUT2D eigenvalue weighted by Gasteiger charge is -2.34. The number of hydrogen-bond donors (Lipinski definition) is 1. The van der Waals surface area contributed by atoms with Crippen molar-refractivity contribution in [3.05, 3.63) is 41.0 Å². The molecule has 0 aromatic heterocycles. The lowest BCUT2D eigenvalue weighted by atomic mass is 9.89. The highest BCUT2D eigenvalue weighted by Gasteiger charge is 2.47. The van der Waals surface area contributed by atoms with Crippen molar-refractivity contribution in [2.75, 3.05) is 30.8 Å². The number of aryl methyl sites for hydroxylation is 2. The smallest absolute Gasteiger partial charge is 0.253 e. The van der Waals surface area contributed by atoms with Gasteiger partial charge in [-0.1, -0.05) is 12.2 Å². The number of hydrogen-bond acceptors (Lipinski definition) is 5. The second kappa shape index (κ2) is 12.1. The van der Waals surface area contributed by atoms with E-state index in [9.17, 15) is 18.0 Å². The van der Waals surface area contributed by atoms with Crippen LogP contribution in [-0.4, -0.2) is 61.8 Å². The Kier molecular flexibility index (Phi) is 9.08. The number of allylic oxidation sites excluding steroid dienone is 2. The number of nitrogens with zero attached hydrogens (tertiary/aromatic N) is 3. The zero-order chi connectivity index (χ0) is 27.3. The molecule has 1 N–H and O–H groups in total. The molecule has 1 fully saturated rings. The van der Waals surface area contributed by atoms with Gasteiger partial charge in [0.05, 0.1) is 5.75 Å². The third kappa shape index (κ3) is 6.54. The normalized spacial score (nSPS) is 28.3. The van der Waals surface area contributed by atoms with Gasteiger partial charge in [-0.25, -0.2) is 12.7 Å². The average molecular weight is 543 g/mol. The number of amidine groups is 1. The first-order valence-corrected chi connectivity index (χ1v) is 15.6. The van der Waals surface area contributed by atoms with Crippen LogP contribution in [0.5, 0.6) is 0 Å². The lowest BCUT2D eigenvalue weighted by Crippen LogP contribution is -2.50. The highest BCUT2D eigenvalue weighted by atomic mass is 32.2. The van der Waals surface area contributed by atoms with Crippen LogP contribution in [0.4, 0.5) is 5.69 Å². The summed E-state index contributed by atoms with van der Waals surface area (Å²) in [5, 5.41) is 2.96. The largest absolute Gasteiger partial charge is 0.315 e. The van der Waals surface area contributed by atoms with E-state index in [2.05, 4.69) is 17.5 Å². The van der Waals surface area contributed by atoms with Crippen LogP contribution >= 0.6 is 0 Å². The van der Waals surface area contributed by atoms with Gasteiger partial charge in [-0.2, -0.15) is 0 Å². The van der Waals surface area contributed by atoms with Crippen molar-refractivity contribution in [3.8, 4) is 0 Å². The van der Waals surface area contributed by atoms with E-state index < -0.39 is 15.6 Å². The molecule has 0 saturated carbocycles. The molecule has 1 saturated heterocycles. The number of benzene rings is 1. The van der Waals surface area contributed by atoms with Crippen molar-refractivity contribution < 1.29 is 18.0 Å². The molecule has 9 heteroatoms. The van der Waals surface area contributed by atoms with Gasteiger partial charge in [0, 0.05) is 38.7 Å². The molecule has 5 heterocycles. The quantitative estimate of drug-likeness (QED) is 0.497. The van der Waals surface area contributed by atoms with Crippen molar-refractivity contribution in [1.82, 2.24) is 9.62 Å². The van der Waals surface area contributed by atoms with Gasteiger partial charge in [-0.05, 0) is 100 Å². The van der Waals surface area contributed by atoms with E-state index in [1.807, 2.05) is 33.0 Å². The summed E-state index contributed by atoms with van der Waals surface area (Å²) < 4.78 is 28.0. The summed E-state index contributed by atoms with van der Waals surface area (Å²) in [6, 6.07) is 3.96. The van der Waals surface area contributed by atoms with Crippen LogP contribution in [0.2, 0.25) is 0 Å². The average Bonchev–Trinajstić information content (AvgIpc) is 3.17. The van der Waals surface area contributed by atoms with Gasteiger partial charge in [-0.3, -0.25) is 14.6 Å². The minimum absolute atomic E-state index is 0.0184. The van der Waals surface area contributed by atoms with Crippen LogP contribution in [0.25, 0.3) is 0 Å². The Morgan fingerprint density at radius 2 is 1.50 bits per heavy atom. The number of rotatable bonds is 0. The predicted molar refractivity (Wildman–Crippen MR) is 152 cm³/mol. The second-order valence-corrected chi connectivity index (χ2v) is 13.1. The third-order valence-electron chi connectivity index (χ3n) is 8.24. The summed E-state index contributed by atoms with van der Waals surface area (Å²) in [7, 11) is -1.66. The Labute approximate surface area is 227 Å². The molecule has 1 aromatic rings. The zero-order valence-electron chi connectivity index (χ0n) is 23.1. The van der Waals surface area contributed by atoms with Crippen LogP contribution in [-0.2, 0) is 26.0 Å². The molecule has 0 unspecified atom stereocenters. The summed E-state index contributed by atoms with van der Waals surface area (Å²) in [5.74, 6) is 0.774. The Bertz CT molecular complexity index is 1190. The fourth-order valence-corrected chi connectivity index (χ4v) is 7.19. The monoisotopic (exact) mass is 542 g/mol. The van der Waals surface area contributed by atoms with E-state index in [4.69, 9.17) is 4.99 Å². The molecule has 0 atom stereocenters. The second-order valence-electron chi connectivity index (χ2n) is 11.0. The highest BCUT2D eigenvalue weighted by molar-refractivity contribution is 7.89. The first-order chi connectivity index (χ1) is 18.1. The molecule has 5 aliphatic rings. The van der Waals surface area contributed by atoms with Gasteiger partial charge in [0.2, 0.25) is 15.9 Å². The number of carbonyl (C=O) groups excluding carboxylic acids is 2. The van der Waals surface area contributed by atoms with Gasteiger partial charge in [-0.15, -0.1) is 0 Å². The number of sulfonamides is 1. The molecule has 5 aliphatic heterocycles. The van der Waals surface area contributed by atoms with E-state index in [0.717, 1.165) is 73.2 Å². The molecule has 5 bridgehead atoms. The maximum absolute atomic E-state index is 13.2. The Morgan fingerprint density at radius 1 is 0.895 bits per heavy atom. The first kappa shape index (κ1) is 28.5. The van der Waals surface area contributed by atoms with E-state index in [1.165, 1.54) is 4.31 Å². The third-order valence-corrected chi connectivity index (χ3v) is 10.1. The van der Waals surface area contributed by atoms with Crippen molar-refractivity contribution in [1.29, 1.82) is 0 Å². The maximum atomic E-state index is 13.2. The molecular weight excluding hydrogens is 500 g/mol. The number of aliphatic imine (C=N–C) groups is 1. The van der Waals surface area contributed by atoms with Gasteiger partial charge in [0.25, 0.3) is 5.91 Å². The minimum atomic E-state index is -3.47. The number of amides is 2. The Balaban J connectivity index is 1.51. The number of carbonyl (C=O) groups is 2. The van der Waals surface area contributed by atoms with Crippen molar-refractivity contribution in [2.45, 2.75) is 90.0 Å². The summed E-state index contributed by atoms with van der Waals surface area (Å²) in [5.41, 5.74) is 3.02. The number of anilines is 1. The molecule has 0 aliphatic carbocycles. The number of piperidine rings is 1. The van der Waals surface area contributed by atoms with E-state index in [-0.39, 0.29) is 17.6 Å². The highest BCUT2D eigenvalue weighted by Crippen LogP contribution is 2.32. The van der Waals surface area contributed by atoms with Crippen molar-refractivity contribution in [2.24, 2.45) is 4.99 Å².